The summed E-state index contributed by atoms with van der Waals surface area (Å²) in [7, 11) is 1.36. The lowest BCUT2D eigenvalue weighted by atomic mass is 10.1. The van der Waals surface area contributed by atoms with Crippen LogP contribution < -0.4 is 0 Å². The van der Waals surface area contributed by atoms with E-state index in [4.69, 9.17) is 5.11 Å². The molecule has 0 amide bonds. The second kappa shape index (κ2) is 4.61. The van der Waals surface area contributed by atoms with Crippen LogP contribution in [0, 0.1) is 11.6 Å². The molecule has 2 N–H and O–H groups in total. The Morgan fingerprint density at radius 2 is 2.05 bits per heavy atom. The summed E-state index contributed by atoms with van der Waals surface area (Å²) in [4.78, 5) is 10.8. The minimum Gasteiger partial charge on any atom is -0.506 e. The van der Waals surface area contributed by atoms with Crippen LogP contribution in [0.1, 0.15) is 10.5 Å². The second-order valence-electron chi connectivity index (χ2n) is 3.72. The third kappa shape index (κ3) is 2.19. The van der Waals surface area contributed by atoms with E-state index >= 15 is 0 Å². The van der Waals surface area contributed by atoms with Gasteiger partial charge in [-0.1, -0.05) is 0 Å². The highest BCUT2D eigenvalue weighted by atomic mass is 79.9. The van der Waals surface area contributed by atoms with Gasteiger partial charge in [0.15, 0.2) is 17.3 Å². The molecule has 0 fully saturated rings. The highest BCUT2D eigenvalue weighted by Gasteiger charge is 2.23. The number of hydrogen-bond donors (Lipinski definition) is 2. The van der Waals surface area contributed by atoms with E-state index in [1.807, 2.05) is 0 Å². The number of carboxylic acid groups (broad SMARTS) is 1. The molecule has 100 valence electrons. The number of aromatic hydroxyl groups is 1. The van der Waals surface area contributed by atoms with Crippen molar-refractivity contribution < 1.29 is 23.8 Å². The number of carboxylic acids is 1. The van der Waals surface area contributed by atoms with E-state index in [9.17, 15) is 18.7 Å². The molecule has 0 saturated heterocycles. The number of phenols is 1. The average Bonchev–Trinajstić information content (AvgIpc) is 2.70. The number of phenolic OH excluding ortho intramolecular Hbond substituents is 1. The predicted octanol–water partition coefficient (Wildman–Crippen LogP) is 2.53. The van der Waals surface area contributed by atoms with Crippen molar-refractivity contribution in [2.75, 3.05) is 0 Å². The molecule has 8 heteroatoms. The first-order chi connectivity index (χ1) is 8.82. The van der Waals surface area contributed by atoms with E-state index in [0.29, 0.717) is 0 Å². The zero-order valence-corrected chi connectivity index (χ0v) is 11.1. The fraction of sp³-hybridized carbons (Fsp3) is 0.0909. The summed E-state index contributed by atoms with van der Waals surface area (Å²) in [5.74, 6) is -4.28. The first-order valence-corrected chi connectivity index (χ1v) is 5.76. The van der Waals surface area contributed by atoms with Crippen LogP contribution >= 0.6 is 15.9 Å². The van der Waals surface area contributed by atoms with Crippen molar-refractivity contribution in [3.63, 3.8) is 0 Å². The molecule has 0 unspecified atom stereocenters. The van der Waals surface area contributed by atoms with E-state index in [0.717, 1.165) is 16.8 Å². The molecule has 2 rings (SSSR count). The number of rotatable bonds is 2. The molecule has 19 heavy (non-hydrogen) atoms. The quantitative estimate of drug-likeness (QED) is 0.828. The summed E-state index contributed by atoms with van der Waals surface area (Å²) >= 11 is 2.89. The van der Waals surface area contributed by atoms with Crippen molar-refractivity contribution in [2.45, 2.75) is 0 Å². The van der Waals surface area contributed by atoms with E-state index < -0.39 is 28.9 Å². The molecule has 1 aromatic carbocycles. The van der Waals surface area contributed by atoms with Crippen LogP contribution in [-0.4, -0.2) is 26.0 Å². The number of hydrogen-bond acceptors (Lipinski definition) is 3. The molecule has 0 aliphatic heterocycles. The van der Waals surface area contributed by atoms with Gasteiger partial charge in [0.1, 0.15) is 5.75 Å². The van der Waals surface area contributed by atoms with E-state index in [1.165, 1.54) is 7.05 Å². The predicted molar refractivity (Wildman–Crippen MR) is 64.9 cm³/mol. The number of halogens is 3. The number of aromatic carboxylic acids is 1. The standard InChI is InChI=1S/C11H7BrF2N2O3/c1-16-7(3-6(15-16)11(18)19)8-9(14)5(13)2-4(12)10(8)17/h2-3,17H,1H3,(H,18,19). The summed E-state index contributed by atoms with van der Waals surface area (Å²) in [6, 6.07) is 1.83. The molecule has 1 aromatic heterocycles. The monoisotopic (exact) mass is 332 g/mol. The summed E-state index contributed by atoms with van der Waals surface area (Å²) in [6.45, 7) is 0. The Morgan fingerprint density at radius 1 is 1.42 bits per heavy atom. The van der Waals surface area contributed by atoms with Gasteiger partial charge < -0.3 is 10.2 Å². The molecule has 0 bridgehead atoms. The van der Waals surface area contributed by atoms with Gasteiger partial charge >= 0.3 is 5.97 Å². The lowest BCUT2D eigenvalue weighted by Gasteiger charge is -2.08. The first-order valence-electron chi connectivity index (χ1n) is 4.97. The van der Waals surface area contributed by atoms with Crippen molar-refractivity contribution in [2.24, 2.45) is 7.05 Å². The zero-order chi connectivity index (χ0) is 14.3. The third-order valence-electron chi connectivity index (χ3n) is 2.50. The Morgan fingerprint density at radius 3 is 2.58 bits per heavy atom. The Labute approximate surface area is 114 Å². The van der Waals surface area contributed by atoms with Crippen LogP contribution in [0.3, 0.4) is 0 Å². The largest absolute Gasteiger partial charge is 0.506 e. The van der Waals surface area contributed by atoms with Crippen molar-refractivity contribution in [3.05, 3.63) is 33.9 Å². The molecule has 0 radical (unpaired) electrons. The van der Waals surface area contributed by atoms with Crippen LogP contribution in [-0.2, 0) is 7.05 Å². The number of benzene rings is 1. The van der Waals surface area contributed by atoms with Crippen LogP contribution in [0.5, 0.6) is 5.75 Å². The molecular formula is C11H7BrF2N2O3. The zero-order valence-electron chi connectivity index (χ0n) is 9.49. The van der Waals surface area contributed by atoms with Gasteiger partial charge in [0.05, 0.1) is 15.7 Å². The summed E-state index contributed by atoms with van der Waals surface area (Å²) in [5.41, 5.74) is -0.835. The maximum absolute atomic E-state index is 13.8. The number of aromatic nitrogens is 2. The van der Waals surface area contributed by atoms with Gasteiger partial charge in [-0.15, -0.1) is 0 Å². The Hall–Kier alpha value is -1.96. The van der Waals surface area contributed by atoms with Crippen molar-refractivity contribution >= 4 is 21.9 Å². The molecule has 0 aliphatic rings. The lowest BCUT2D eigenvalue weighted by molar-refractivity contribution is 0.0689. The normalized spacial score (nSPS) is 10.7. The topological polar surface area (TPSA) is 75.4 Å². The minimum absolute atomic E-state index is 0.0422. The molecule has 0 atom stereocenters. The molecule has 0 saturated carbocycles. The van der Waals surface area contributed by atoms with Gasteiger partial charge in [-0.25, -0.2) is 13.6 Å². The van der Waals surface area contributed by atoms with Crippen LogP contribution in [0.2, 0.25) is 0 Å². The number of nitrogens with zero attached hydrogens (tertiary/aromatic N) is 2. The van der Waals surface area contributed by atoms with E-state index in [2.05, 4.69) is 21.0 Å². The van der Waals surface area contributed by atoms with Crippen LogP contribution in [0.15, 0.2) is 16.6 Å². The molecule has 0 spiro atoms. The SMILES string of the molecule is Cn1nc(C(=O)O)cc1-c1c(O)c(Br)cc(F)c1F. The van der Waals surface area contributed by atoms with Gasteiger partial charge in [-0.2, -0.15) is 5.10 Å². The Bertz CT molecular complexity index is 659. The molecule has 0 aliphatic carbocycles. The van der Waals surface area contributed by atoms with Gasteiger partial charge in [0.25, 0.3) is 0 Å². The van der Waals surface area contributed by atoms with Crippen molar-refractivity contribution in [3.8, 4) is 17.0 Å². The van der Waals surface area contributed by atoms with Gasteiger partial charge in [-0.05, 0) is 28.1 Å². The van der Waals surface area contributed by atoms with Gasteiger partial charge in [-0.3, -0.25) is 4.68 Å². The van der Waals surface area contributed by atoms with Gasteiger partial charge in [0.2, 0.25) is 0 Å². The summed E-state index contributed by atoms with van der Waals surface area (Å²) in [5, 5.41) is 22.2. The number of aryl methyl sites for hydroxylation is 1. The maximum atomic E-state index is 13.8. The van der Waals surface area contributed by atoms with E-state index in [1.54, 1.807) is 0 Å². The fourth-order valence-corrected chi connectivity index (χ4v) is 2.02. The minimum atomic E-state index is -1.31. The van der Waals surface area contributed by atoms with Crippen LogP contribution in [0.25, 0.3) is 11.3 Å². The first kappa shape index (κ1) is 13.5. The fourth-order valence-electron chi connectivity index (χ4n) is 1.63. The molecule has 2 aromatic rings. The smallest absolute Gasteiger partial charge is 0.356 e. The van der Waals surface area contributed by atoms with Crippen molar-refractivity contribution in [1.82, 2.24) is 9.78 Å². The van der Waals surface area contributed by atoms with Crippen LogP contribution in [0.4, 0.5) is 8.78 Å². The lowest BCUT2D eigenvalue weighted by Crippen LogP contribution is -2.00. The third-order valence-corrected chi connectivity index (χ3v) is 3.11. The molecule has 5 nitrogen and oxygen atoms in total. The number of carbonyl (C=O) groups is 1. The van der Waals surface area contributed by atoms with E-state index in [-0.39, 0.29) is 15.9 Å². The Kier molecular flexibility index (Phi) is 3.27. The van der Waals surface area contributed by atoms with Crippen molar-refractivity contribution in [1.29, 1.82) is 0 Å². The molecule has 1 heterocycles. The average molecular weight is 333 g/mol. The van der Waals surface area contributed by atoms with Gasteiger partial charge in [0, 0.05) is 7.05 Å². The highest BCUT2D eigenvalue weighted by molar-refractivity contribution is 9.10. The summed E-state index contributed by atoms with van der Waals surface area (Å²) in [6.07, 6.45) is 0. The Balaban J connectivity index is 2.75. The highest BCUT2D eigenvalue weighted by Crippen LogP contribution is 2.38. The molecular weight excluding hydrogens is 326 g/mol. The summed E-state index contributed by atoms with van der Waals surface area (Å²) < 4.78 is 28.1. The maximum Gasteiger partial charge on any atom is 0.356 e. The second-order valence-corrected chi connectivity index (χ2v) is 4.58.